The van der Waals surface area contributed by atoms with E-state index >= 15 is 0 Å². The highest BCUT2D eigenvalue weighted by Gasteiger charge is 2.23. The van der Waals surface area contributed by atoms with Gasteiger partial charge in [0.1, 0.15) is 6.10 Å². The molecule has 192 valence electrons. The van der Waals surface area contributed by atoms with Crippen LogP contribution in [0.3, 0.4) is 0 Å². The molecule has 2 N–H and O–H groups in total. The smallest absolute Gasteiger partial charge is 0.322 e. The van der Waals surface area contributed by atoms with Crippen LogP contribution in [0, 0.1) is 5.92 Å². The lowest BCUT2D eigenvalue weighted by molar-refractivity contribution is -0.120. The molecule has 1 amide bonds. The van der Waals surface area contributed by atoms with E-state index in [0.29, 0.717) is 12.0 Å². The standard InChI is InChI=1S/C27H37N7O2/c1-18(2)23-17-28-34-24(23)31-27(36-22-12-14-33(3)15-13-22)32-26(34)30-21-11-7-10-20(16-21)29-25(35)19-8-5-4-6-9-19/h7,10-11,16-19,22H,4-6,8-9,12-15H2,1-3H3,(H,29,35)(H,30,31,32). The van der Waals surface area contributed by atoms with Crippen LogP contribution in [0.25, 0.3) is 5.65 Å². The lowest BCUT2D eigenvalue weighted by Crippen LogP contribution is -2.36. The number of carbonyl (C=O) groups is 1. The molecule has 0 bridgehead atoms. The lowest BCUT2D eigenvalue weighted by Gasteiger charge is -2.28. The van der Waals surface area contributed by atoms with Crippen molar-refractivity contribution < 1.29 is 9.53 Å². The van der Waals surface area contributed by atoms with Crippen LogP contribution in [0.1, 0.15) is 70.3 Å². The van der Waals surface area contributed by atoms with Gasteiger partial charge in [-0.3, -0.25) is 4.79 Å². The SMILES string of the molecule is CC(C)c1cnn2c(Nc3cccc(NC(=O)C4CCCCC4)c3)nc(OC3CCN(C)CC3)nc12. The molecule has 1 aromatic carbocycles. The first-order valence-electron chi connectivity index (χ1n) is 13.2. The van der Waals surface area contributed by atoms with Gasteiger partial charge >= 0.3 is 6.01 Å². The van der Waals surface area contributed by atoms with E-state index < -0.39 is 0 Å². The molecule has 9 nitrogen and oxygen atoms in total. The number of ether oxygens (including phenoxy) is 1. The molecular formula is C27H37N7O2. The van der Waals surface area contributed by atoms with Crippen LogP contribution in [0.2, 0.25) is 0 Å². The molecule has 5 rings (SSSR count). The molecule has 9 heteroatoms. The topological polar surface area (TPSA) is 96.7 Å². The quantitative estimate of drug-likeness (QED) is 0.481. The average Bonchev–Trinajstić information content (AvgIpc) is 3.31. The number of nitrogens with one attached hydrogen (secondary N) is 2. The van der Waals surface area contributed by atoms with Gasteiger partial charge < -0.3 is 20.3 Å². The van der Waals surface area contributed by atoms with Crippen LogP contribution in [-0.4, -0.2) is 56.6 Å². The molecule has 3 aromatic rings. The highest BCUT2D eigenvalue weighted by molar-refractivity contribution is 5.93. The minimum absolute atomic E-state index is 0.0975. The molecule has 1 aliphatic carbocycles. The first kappa shape index (κ1) is 24.5. The predicted octanol–water partition coefficient (Wildman–Crippen LogP) is 4.98. The van der Waals surface area contributed by atoms with E-state index in [4.69, 9.17) is 14.7 Å². The van der Waals surface area contributed by atoms with Crippen LogP contribution in [-0.2, 0) is 4.79 Å². The number of hydrogen-bond acceptors (Lipinski definition) is 7. The Morgan fingerprint density at radius 1 is 1.06 bits per heavy atom. The first-order chi connectivity index (χ1) is 17.5. The van der Waals surface area contributed by atoms with Crippen LogP contribution in [0.4, 0.5) is 17.3 Å². The number of hydrogen-bond donors (Lipinski definition) is 2. The van der Waals surface area contributed by atoms with Gasteiger partial charge in [-0.05, 0) is 56.8 Å². The third-order valence-corrected chi connectivity index (χ3v) is 7.30. The van der Waals surface area contributed by atoms with E-state index in [-0.39, 0.29) is 23.8 Å². The van der Waals surface area contributed by atoms with Crippen molar-refractivity contribution in [2.24, 2.45) is 5.92 Å². The number of benzene rings is 1. The molecule has 0 atom stereocenters. The zero-order valence-electron chi connectivity index (χ0n) is 21.5. The Bertz CT molecular complexity index is 1190. The van der Waals surface area contributed by atoms with Crippen LogP contribution in [0.5, 0.6) is 6.01 Å². The number of likely N-dealkylation sites (tertiary alicyclic amines) is 1. The van der Waals surface area contributed by atoms with Gasteiger partial charge in [-0.15, -0.1) is 0 Å². The van der Waals surface area contributed by atoms with E-state index in [0.717, 1.165) is 74.2 Å². The monoisotopic (exact) mass is 491 g/mol. The Kier molecular flexibility index (Phi) is 7.36. The van der Waals surface area contributed by atoms with Gasteiger partial charge in [-0.2, -0.15) is 19.6 Å². The Hall–Kier alpha value is -3.20. The number of nitrogens with zero attached hydrogens (tertiary/aromatic N) is 5. The Morgan fingerprint density at radius 3 is 2.56 bits per heavy atom. The average molecular weight is 492 g/mol. The highest BCUT2D eigenvalue weighted by atomic mass is 16.5. The van der Waals surface area contributed by atoms with Crippen LogP contribution < -0.4 is 15.4 Å². The van der Waals surface area contributed by atoms with Crippen molar-refractivity contribution in [2.75, 3.05) is 30.8 Å². The zero-order valence-corrected chi connectivity index (χ0v) is 21.5. The minimum Gasteiger partial charge on any atom is -0.460 e. The Morgan fingerprint density at radius 2 is 1.81 bits per heavy atom. The second-order valence-electron chi connectivity index (χ2n) is 10.5. The number of piperidine rings is 1. The molecule has 1 saturated heterocycles. The van der Waals surface area contributed by atoms with Gasteiger partial charge in [0.05, 0.1) is 6.20 Å². The molecule has 1 saturated carbocycles. The zero-order chi connectivity index (χ0) is 25.1. The van der Waals surface area contributed by atoms with Crippen molar-refractivity contribution in [3.05, 3.63) is 36.0 Å². The van der Waals surface area contributed by atoms with Crippen molar-refractivity contribution >= 4 is 28.9 Å². The summed E-state index contributed by atoms with van der Waals surface area (Å²) >= 11 is 0. The minimum atomic E-state index is 0.0975. The molecule has 0 spiro atoms. The number of anilines is 3. The lowest BCUT2D eigenvalue weighted by atomic mass is 9.88. The summed E-state index contributed by atoms with van der Waals surface area (Å²) < 4.78 is 7.98. The summed E-state index contributed by atoms with van der Waals surface area (Å²) in [4.78, 5) is 24.5. The fourth-order valence-electron chi connectivity index (χ4n) is 5.08. The summed E-state index contributed by atoms with van der Waals surface area (Å²) in [6, 6.07) is 8.09. The van der Waals surface area contributed by atoms with Gasteiger partial charge in [0.2, 0.25) is 11.9 Å². The number of fused-ring (bicyclic) bond motifs is 1. The summed E-state index contributed by atoms with van der Waals surface area (Å²) in [5, 5.41) is 11.1. The van der Waals surface area contributed by atoms with E-state index in [2.05, 4.69) is 41.5 Å². The molecule has 3 heterocycles. The molecule has 2 aromatic heterocycles. The van der Waals surface area contributed by atoms with Crippen LogP contribution >= 0.6 is 0 Å². The van der Waals surface area contributed by atoms with Gasteiger partial charge in [-0.1, -0.05) is 39.2 Å². The number of amides is 1. The third-order valence-electron chi connectivity index (χ3n) is 7.30. The number of rotatable bonds is 7. The Labute approximate surface area is 212 Å². The highest BCUT2D eigenvalue weighted by Crippen LogP contribution is 2.28. The van der Waals surface area contributed by atoms with Crippen molar-refractivity contribution in [1.82, 2.24) is 24.5 Å². The van der Waals surface area contributed by atoms with Gasteiger partial charge in [0.15, 0.2) is 5.65 Å². The molecular weight excluding hydrogens is 454 g/mol. The number of carbonyl (C=O) groups excluding carboxylic acids is 1. The van der Waals surface area contributed by atoms with Gasteiger partial charge in [0.25, 0.3) is 0 Å². The fourth-order valence-corrected chi connectivity index (χ4v) is 5.08. The number of aromatic nitrogens is 4. The summed E-state index contributed by atoms with van der Waals surface area (Å²) in [6.07, 6.45) is 9.29. The summed E-state index contributed by atoms with van der Waals surface area (Å²) in [6.45, 7) is 6.26. The van der Waals surface area contributed by atoms with Crippen molar-refractivity contribution in [3.63, 3.8) is 0 Å². The normalized spacial score (nSPS) is 18.0. The molecule has 0 unspecified atom stereocenters. The molecule has 0 radical (unpaired) electrons. The van der Waals surface area contributed by atoms with Crippen molar-refractivity contribution in [2.45, 2.75) is 70.8 Å². The van der Waals surface area contributed by atoms with E-state index in [1.54, 1.807) is 4.52 Å². The fraction of sp³-hybridized carbons (Fsp3) is 0.556. The van der Waals surface area contributed by atoms with Crippen molar-refractivity contribution in [3.8, 4) is 6.01 Å². The van der Waals surface area contributed by atoms with E-state index in [9.17, 15) is 4.79 Å². The van der Waals surface area contributed by atoms with Crippen LogP contribution in [0.15, 0.2) is 30.5 Å². The molecule has 1 aliphatic heterocycles. The van der Waals surface area contributed by atoms with E-state index in [1.165, 1.54) is 6.42 Å². The predicted molar refractivity (Wildman–Crippen MR) is 141 cm³/mol. The second-order valence-corrected chi connectivity index (χ2v) is 10.5. The second kappa shape index (κ2) is 10.8. The summed E-state index contributed by atoms with van der Waals surface area (Å²) in [7, 11) is 2.13. The largest absolute Gasteiger partial charge is 0.460 e. The van der Waals surface area contributed by atoms with Gasteiger partial charge in [0, 0.05) is 35.9 Å². The maximum Gasteiger partial charge on any atom is 0.322 e. The maximum atomic E-state index is 12.7. The van der Waals surface area contributed by atoms with Gasteiger partial charge in [-0.25, -0.2) is 0 Å². The molecule has 2 fully saturated rings. The summed E-state index contributed by atoms with van der Waals surface area (Å²) in [5.74, 6) is 1.01. The Balaban J connectivity index is 1.38. The van der Waals surface area contributed by atoms with E-state index in [1.807, 2.05) is 30.5 Å². The van der Waals surface area contributed by atoms with Crippen molar-refractivity contribution in [1.29, 1.82) is 0 Å². The maximum absolute atomic E-state index is 12.7. The first-order valence-corrected chi connectivity index (χ1v) is 13.2. The third kappa shape index (κ3) is 5.61. The molecule has 2 aliphatic rings. The summed E-state index contributed by atoms with van der Waals surface area (Å²) in [5.41, 5.74) is 3.37. The molecule has 36 heavy (non-hydrogen) atoms.